The number of thioether (sulfide) groups is 1. The van der Waals surface area contributed by atoms with Crippen LogP contribution in [0.15, 0.2) is 24.3 Å². The fraction of sp³-hybridized carbons (Fsp3) is 0.579. The van der Waals surface area contributed by atoms with Gasteiger partial charge in [0.1, 0.15) is 11.1 Å². The summed E-state index contributed by atoms with van der Waals surface area (Å²) in [5.74, 6) is 0.918. The van der Waals surface area contributed by atoms with Gasteiger partial charge in [0, 0.05) is 25.7 Å². The van der Waals surface area contributed by atoms with Crippen LogP contribution in [0.1, 0.15) is 38.6 Å². The van der Waals surface area contributed by atoms with Gasteiger partial charge in [0.25, 0.3) is 0 Å². The smallest absolute Gasteiger partial charge is 0.317 e. The van der Waals surface area contributed by atoms with Gasteiger partial charge in [0.15, 0.2) is 0 Å². The lowest BCUT2D eigenvalue weighted by molar-refractivity contribution is -0.129. The molecule has 2 atom stereocenters. The maximum Gasteiger partial charge on any atom is 0.317 e. The summed E-state index contributed by atoms with van der Waals surface area (Å²) in [5.41, 5.74) is 1.07. The van der Waals surface area contributed by atoms with Crippen LogP contribution in [0.4, 0.5) is 4.79 Å². The predicted octanol–water partition coefficient (Wildman–Crippen LogP) is 3.10. The van der Waals surface area contributed by atoms with Crippen molar-refractivity contribution in [2.24, 2.45) is 0 Å². The Morgan fingerprint density at radius 3 is 2.54 bits per heavy atom. The molecule has 1 heterocycles. The van der Waals surface area contributed by atoms with Gasteiger partial charge >= 0.3 is 6.03 Å². The first-order valence-corrected chi connectivity index (χ1v) is 9.97. The van der Waals surface area contributed by atoms with E-state index in [0.29, 0.717) is 19.6 Å². The van der Waals surface area contributed by atoms with Gasteiger partial charge in [-0.05, 0) is 45.4 Å². The van der Waals surface area contributed by atoms with E-state index in [1.54, 1.807) is 23.8 Å². The number of nitrogens with zero attached hydrogens (tertiary/aromatic N) is 2. The minimum atomic E-state index is -0.0872. The lowest BCUT2D eigenvalue weighted by Crippen LogP contribution is -2.46. The first-order chi connectivity index (χ1) is 12.4. The summed E-state index contributed by atoms with van der Waals surface area (Å²) in [6.45, 7) is 9.40. The highest BCUT2D eigenvalue weighted by molar-refractivity contribution is 8.01. The molecule has 0 bridgehead atoms. The average Bonchev–Trinajstić information content (AvgIpc) is 2.90. The van der Waals surface area contributed by atoms with Gasteiger partial charge in [-0.1, -0.05) is 12.1 Å². The molecule has 1 fully saturated rings. The number of benzene rings is 1. The number of carbonyl (C=O) groups excluding carboxylic acids is 2. The zero-order valence-electron chi connectivity index (χ0n) is 16.2. The number of rotatable bonds is 7. The van der Waals surface area contributed by atoms with Crippen molar-refractivity contribution in [3.63, 3.8) is 0 Å². The third-order valence-corrected chi connectivity index (χ3v) is 5.73. The number of nitrogens with one attached hydrogen (secondary N) is 1. The highest BCUT2D eigenvalue weighted by atomic mass is 32.2. The van der Waals surface area contributed by atoms with Gasteiger partial charge in [0.2, 0.25) is 5.91 Å². The standard InChI is InChI=1S/C19H29N3O3S/c1-6-21(19(24)20-13(2)3)11-12-22-17(23)14(4)26-18(22)15-7-9-16(25-5)10-8-15/h7-10,13-14,18H,6,11-12H2,1-5H3,(H,20,24)/t14-,18-/m0/s1. The van der Waals surface area contributed by atoms with Crippen LogP contribution in [0.3, 0.4) is 0 Å². The van der Waals surface area contributed by atoms with E-state index in [2.05, 4.69) is 5.32 Å². The summed E-state index contributed by atoms with van der Waals surface area (Å²) in [5, 5.41) is 2.80. The van der Waals surface area contributed by atoms with Gasteiger partial charge in [-0.3, -0.25) is 4.79 Å². The lowest BCUT2D eigenvalue weighted by Gasteiger charge is -2.28. The maximum atomic E-state index is 12.6. The Balaban J connectivity index is 2.08. The zero-order chi connectivity index (χ0) is 19.3. The number of hydrogen-bond acceptors (Lipinski definition) is 4. The molecule has 1 N–H and O–H groups in total. The van der Waals surface area contributed by atoms with E-state index in [9.17, 15) is 9.59 Å². The number of methoxy groups -OCH3 is 1. The molecule has 1 saturated heterocycles. The summed E-state index contributed by atoms with van der Waals surface area (Å²) in [6, 6.07) is 7.82. The van der Waals surface area contributed by atoms with Crippen LogP contribution in [-0.4, -0.2) is 59.8 Å². The van der Waals surface area contributed by atoms with Crippen molar-refractivity contribution >= 4 is 23.7 Å². The lowest BCUT2D eigenvalue weighted by atomic mass is 10.2. The number of amides is 3. The van der Waals surface area contributed by atoms with E-state index in [1.165, 1.54) is 0 Å². The van der Waals surface area contributed by atoms with Gasteiger partial charge in [0.05, 0.1) is 12.4 Å². The quantitative estimate of drug-likeness (QED) is 0.791. The molecule has 0 unspecified atom stereocenters. The van der Waals surface area contributed by atoms with Crippen molar-refractivity contribution in [2.75, 3.05) is 26.7 Å². The fourth-order valence-electron chi connectivity index (χ4n) is 2.90. The molecule has 144 valence electrons. The Hall–Kier alpha value is -1.89. The summed E-state index contributed by atoms with van der Waals surface area (Å²) < 4.78 is 5.21. The molecule has 6 nitrogen and oxygen atoms in total. The SMILES string of the molecule is CCN(CCN1C(=O)[C@H](C)S[C@H]1c1ccc(OC)cc1)C(=O)NC(C)C. The van der Waals surface area contributed by atoms with Crippen molar-refractivity contribution in [1.29, 1.82) is 0 Å². The Labute approximate surface area is 160 Å². The van der Waals surface area contributed by atoms with Crippen LogP contribution >= 0.6 is 11.8 Å². The van der Waals surface area contributed by atoms with Crippen LogP contribution in [-0.2, 0) is 4.79 Å². The van der Waals surface area contributed by atoms with Crippen LogP contribution in [0.2, 0.25) is 0 Å². The molecule has 0 aliphatic carbocycles. The van der Waals surface area contributed by atoms with Crippen molar-refractivity contribution in [3.8, 4) is 5.75 Å². The second-order valence-electron chi connectivity index (χ2n) is 6.62. The third-order valence-electron chi connectivity index (χ3n) is 4.34. The Morgan fingerprint density at radius 2 is 2.00 bits per heavy atom. The third kappa shape index (κ3) is 4.84. The Morgan fingerprint density at radius 1 is 1.35 bits per heavy atom. The van der Waals surface area contributed by atoms with Crippen LogP contribution < -0.4 is 10.1 Å². The number of likely N-dealkylation sites (N-methyl/N-ethyl adjacent to an activating group) is 1. The van der Waals surface area contributed by atoms with E-state index in [0.717, 1.165) is 11.3 Å². The monoisotopic (exact) mass is 379 g/mol. The molecule has 0 radical (unpaired) electrons. The fourth-order valence-corrected chi connectivity index (χ4v) is 4.21. The highest BCUT2D eigenvalue weighted by Gasteiger charge is 2.38. The second-order valence-corrected chi connectivity index (χ2v) is 8.05. The van der Waals surface area contributed by atoms with E-state index < -0.39 is 0 Å². The topological polar surface area (TPSA) is 61.9 Å². The number of ether oxygens (including phenoxy) is 1. The molecule has 7 heteroatoms. The molecule has 0 spiro atoms. The van der Waals surface area contributed by atoms with Crippen LogP contribution in [0.5, 0.6) is 5.75 Å². The average molecular weight is 380 g/mol. The van der Waals surface area contributed by atoms with Crippen LogP contribution in [0, 0.1) is 0 Å². The van der Waals surface area contributed by atoms with Crippen molar-refractivity contribution < 1.29 is 14.3 Å². The number of carbonyl (C=O) groups is 2. The summed E-state index contributed by atoms with van der Waals surface area (Å²) in [6.07, 6.45) is 0. The summed E-state index contributed by atoms with van der Waals surface area (Å²) in [7, 11) is 1.64. The van der Waals surface area contributed by atoms with Crippen molar-refractivity contribution in [3.05, 3.63) is 29.8 Å². The Bertz CT molecular complexity index is 621. The molecule has 2 rings (SSSR count). The van der Waals surface area contributed by atoms with Crippen LogP contribution in [0.25, 0.3) is 0 Å². The van der Waals surface area contributed by atoms with E-state index >= 15 is 0 Å². The van der Waals surface area contributed by atoms with Crippen molar-refractivity contribution in [2.45, 2.75) is 44.4 Å². The van der Waals surface area contributed by atoms with E-state index in [1.807, 2.05) is 56.9 Å². The molecule has 1 aromatic rings. The molecule has 0 aromatic heterocycles. The Kier molecular flexibility index (Phi) is 7.20. The largest absolute Gasteiger partial charge is 0.497 e. The minimum absolute atomic E-state index is 0.0322. The molecule has 26 heavy (non-hydrogen) atoms. The highest BCUT2D eigenvalue weighted by Crippen LogP contribution is 2.42. The molecule has 3 amide bonds. The van der Waals surface area contributed by atoms with Gasteiger partial charge < -0.3 is 19.9 Å². The van der Waals surface area contributed by atoms with Gasteiger partial charge in [-0.2, -0.15) is 0 Å². The van der Waals surface area contributed by atoms with Gasteiger partial charge in [-0.15, -0.1) is 11.8 Å². The van der Waals surface area contributed by atoms with Crippen molar-refractivity contribution in [1.82, 2.24) is 15.1 Å². The molecular formula is C19H29N3O3S. The summed E-state index contributed by atoms with van der Waals surface area (Å²) in [4.78, 5) is 28.5. The molecular weight excluding hydrogens is 350 g/mol. The van der Waals surface area contributed by atoms with E-state index in [-0.39, 0.29) is 28.6 Å². The number of urea groups is 1. The van der Waals surface area contributed by atoms with E-state index in [4.69, 9.17) is 4.74 Å². The molecule has 1 aromatic carbocycles. The first kappa shape index (κ1) is 20.4. The maximum absolute atomic E-state index is 12.6. The minimum Gasteiger partial charge on any atom is -0.497 e. The zero-order valence-corrected chi connectivity index (χ0v) is 17.0. The first-order valence-electron chi connectivity index (χ1n) is 9.02. The molecule has 0 saturated carbocycles. The number of hydrogen-bond donors (Lipinski definition) is 1. The normalized spacial score (nSPS) is 19.8. The predicted molar refractivity (Wildman–Crippen MR) is 105 cm³/mol. The molecule has 1 aliphatic heterocycles. The second kappa shape index (κ2) is 9.16. The molecule has 1 aliphatic rings. The summed E-state index contributed by atoms with van der Waals surface area (Å²) >= 11 is 1.64. The van der Waals surface area contributed by atoms with Gasteiger partial charge in [-0.25, -0.2) is 4.79 Å².